The lowest BCUT2D eigenvalue weighted by Crippen LogP contribution is -2.07. The summed E-state index contributed by atoms with van der Waals surface area (Å²) in [6.45, 7) is 0.927. The lowest BCUT2D eigenvalue weighted by atomic mass is 10.0. The van der Waals surface area contributed by atoms with Crippen molar-refractivity contribution >= 4 is 44.9 Å². The molecule has 2 heterocycles. The van der Waals surface area contributed by atoms with E-state index < -0.39 is 0 Å². The van der Waals surface area contributed by atoms with E-state index in [2.05, 4.69) is 33.4 Å². The Hall–Kier alpha value is -1.49. The molecular weight excluding hydrogens is 421 g/mol. The van der Waals surface area contributed by atoms with Crippen molar-refractivity contribution in [2.45, 2.75) is 19.3 Å². The maximum atomic E-state index is 6.44. The zero-order valence-electron chi connectivity index (χ0n) is 13.4. The second kappa shape index (κ2) is 7.02. The van der Waals surface area contributed by atoms with Crippen LogP contribution in [-0.4, -0.2) is 16.3 Å². The maximum absolute atomic E-state index is 6.44. The van der Waals surface area contributed by atoms with E-state index in [0.717, 1.165) is 53.0 Å². The van der Waals surface area contributed by atoms with Crippen LogP contribution in [0.2, 0.25) is 10.0 Å². The number of rotatable bonds is 2. The van der Waals surface area contributed by atoms with E-state index in [1.807, 2.05) is 28.9 Å². The van der Waals surface area contributed by atoms with Crippen molar-refractivity contribution in [3.63, 3.8) is 0 Å². The van der Waals surface area contributed by atoms with Crippen molar-refractivity contribution < 1.29 is 0 Å². The molecule has 1 aliphatic rings. The summed E-state index contributed by atoms with van der Waals surface area (Å²) in [5, 5.41) is 9.70. The first-order valence-corrected chi connectivity index (χ1v) is 9.75. The Morgan fingerprint density at radius 3 is 2.64 bits per heavy atom. The largest absolute Gasteiger partial charge is 0.370 e. The average Bonchev–Trinajstić information content (AvgIpc) is 2.79. The topological polar surface area (TPSA) is 29.9 Å². The van der Waals surface area contributed by atoms with E-state index in [4.69, 9.17) is 28.3 Å². The molecule has 0 atom stereocenters. The van der Waals surface area contributed by atoms with Crippen LogP contribution >= 0.6 is 39.1 Å². The SMILES string of the molecule is Clc1ccc(Cl)c(-n2nc(-c3ccc(Br)cc3)c3c2NCCCC3)c1. The van der Waals surface area contributed by atoms with Gasteiger partial charge in [0.1, 0.15) is 5.82 Å². The smallest absolute Gasteiger partial charge is 0.133 e. The van der Waals surface area contributed by atoms with Gasteiger partial charge >= 0.3 is 0 Å². The van der Waals surface area contributed by atoms with Gasteiger partial charge in [-0.1, -0.05) is 51.3 Å². The molecule has 0 spiro atoms. The van der Waals surface area contributed by atoms with Gasteiger partial charge in [-0.15, -0.1) is 0 Å². The summed E-state index contributed by atoms with van der Waals surface area (Å²) in [5.74, 6) is 1.01. The van der Waals surface area contributed by atoms with Crippen molar-refractivity contribution in [3.8, 4) is 16.9 Å². The molecule has 0 aliphatic carbocycles. The van der Waals surface area contributed by atoms with Gasteiger partial charge in [0.05, 0.1) is 16.4 Å². The normalized spacial score (nSPS) is 13.9. The van der Waals surface area contributed by atoms with Crippen LogP contribution in [0.3, 0.4) is 0 Å². The number of anilines is 1. The summed E-state index contributed by atoms with van der Waals surface area (Å²) in [5.41, 5.74) is 4.12. The van der Waals surface area contributed by atoms with Gasteiger partial charge in [0.2, 0.25) is 0 Å². The minimum absolute atomic E-state index is 0.628. The van der Waals surface area contributed by atoms with Gasteiger partial charge in [0, 0.05) is 27.2 Å². The van der Waals surface area contributed by atoms with Gasteiger partial charge in [0.25, 0.3) is 0 Å². The number of hydrogen-bond donors (Lipinski definition) is 1. The molecule has 128 valence electrons. The number of aromatic nitrogens is 2. The quantitative estimate of drug-likeness (QED) is 0.506. The van der Waals surface area contributed by atoms with Gasteiger partial charge in [-0.2, -0.15) is 5.10 Å². The Balaban J connectivity index is 1.93. The molecule has 4 rings (SSSR count). The fraction of sp³-hybridized carbons (Fsp3) is 0.211. The maximum Gasteiger partial charge on any atom is 0.133 e. The van der Waals surface area contributed by atoms with Crippen molar-refractivity contribution in [1.82, 2.24) is 9.78 Å². The molecule has 0 bridgehead atoms. The van der Waals surface area contributed by atoms with Crippen LogP contribution in [0, 0.1) is 0 Å². The molecule has 0 fully saturated rings. The number of hydrogen-bond acceptors (Lipinski definition) is 2. The Kier molecular flexibility index (Phi) is 4.76. The van der Waals surface area contributed by atoms with Crippen LogP contribution in [0.1, 0.15) is 18.4 Å². The first-order valence-electron chi connectivity index (χ1n) is 8.20. The Morgan fingerprint density at radius 1 is 1.04 bits per heavy atom. The van der Waals surface area contributed by atoms with Gasteiger partial charge in [0.15, 0.2) is 0 Å². The molecule has 6 heteroatoms. The Bertz CT molecular complexity index is 919. The summed E-state index contributed by atoms with van der Waals surface area (Å²) in [6.07, 6.45) is 3.27. The average molecular weight is 437 g/mol. The van der Waals surface area contributed by atoms with E-state index >= 15 is 0 Å². The van der Waals surface area contributed by atoms with Crippen LogP contribution < -0.4 is 5.32 Å². The first kappa shape index (κ1) is 17.0. The molecule has 1 aromatic heterocycles. The minimum Gasteiger partial charge on any atom is -0.370 e. The molecule has 0 unspecified atom stereocenters. The molecule has 0 saturated heterocycles. The van der Waals surface area contributed by atoms with Crippen LogP contribution in [-0.2, 0) is 6.42 Å². The molecule has 1 N–H and O–H groups in total. The molecule has 1 aliphatic heterocycles. The highest BCUT2D eigenvalue weighted by Gasteiger charge is 2.22. The predicted octanol–water partition coefficient (Wildman–Crippen LogP) is 6.36. The molecular formula is C19H16BrCl2N3. The van der Waals surface area contributed by atoms with Crippen LogP contribution in [0.15, 0.2) is 46.9 Å². The lowest BCUT2D eigenvalue weighted by molar-refractivity contribution is 0.780. The van der Waals surface area contributed by atoms with Gasteiger partial charge in [-0.05, 0) is 49.6 Å². The van der Waals surface area contributed by atoms with Gasteiger partial charge < -0.3 is 5.32 Å². The van der Waals surface area contributed by atoms with Crippen molar-refractivity contribution in [2.24, 2.45) is 0 Å². The summed E-state index contributed by atoms with van der Waals surface area (Å²) in [7, 11) is 0. The first-order chi connectivity index (χ1) is 12.1. The summed E-state index contributed by atoms with van der Waals surface area (Å²) >= 11 is 16.1. The minimum atomic E-state index is 0.628. The lowest BCUT2D eigenvalue weighted by Gasteiger charge is -2.11. The highest BCUT2D eigenvalue weighted by molar-refractivity contribution is 9.10. The molecule has 3 nitrogen and oxygen atoms in total. The molecule has 3 aromatic rings. The third kappa shape index (κ3) is 3.31. The Labute approximate surface area is 165 Å². The molecule has 0 radical (unpaired) electrons. The van der Waals surface area contributed by atoms with E-state index in [1.54, 1.807) is 6.07 Å². The monoisotopic (exact) mass is 435 g/mol. The van der Waals surface area contributed by atoms with Crippen molar-refractivity contribution in [1.29, 1.82) is 0 Å². The highest BCUT2D eigenvalue weighted by atomic mass is 79.9. The predicted molar refractivity (Wildman–Crippen MR) is 108 cm³/mol. The van der Waals surface area contributed by atoms with Crippen LogP contribution in [0.25, 0.3) is 16.9 Å². The second-order valence-corrected chi connectivity index (χ2v) is 7.83. The molecule has 0 saturated carbocycles. The number of nitrogens with one attached hydrogen (secondary N) is 1. The number of benzene rings is 2. The molecule has 0 amide bonds. The number of nitrogens with zero attached hydrogens (tertiary/aromatic N) is 2. The fourth-order valence-corrected chi connectivity index (χ4v) is 3.79. The van der Waals surface area contributed by atoms with E-state index in [-0.39, 0.29) is 0 Å². The van der Waals surface area contributed by atoms with Gasteiger partial charge in [-0.3, -0.25) is 0 Å². The van der Waals surface area contributed by atoms with Crippen molar-refractivity contribution in [2.75, 3.05) is 11.9 Å². The summed E-state index contributed by atoms with van der Waals surface area (Å²) in [4.78, 5) is 0. The highest BCUT2D eigenvalue weighted by Crippen LogP contribution is 2.36. The molecule has 25 heavy (non-hydrogen) atoms. The third-order valence-electron chi connectivity index (χ3n) is 4.38. The number of fused-ring (bicyclic) bond motifs is 1. The zero-order chi connectivity index (χ0) is 17.4. The molecule has 2 aromatic carbocycles. The van der Waals surface area contributed by atoms with Crippen LogP contribution in [0.4, 0.5) is 5.82 Å². The Morgan fingerprint density at radius 2 is 1.84 bits per heavy atom. The summed E-state index contributed by atoms with van der Waals surface area (Å²) in [6, 6.07) is 13.7. The standard InChI is InChI=1S/C19H16BrCl2N3/c20-13-6-4-12(5-7-13)18-15-3-1-2-10-23-19(15)25(24-18)17-11-14(21)8-9-16(17)22/h4-9,11,23H,1-3,10H2. The fourth-order valence-electron chi connectivity index (χ4n) is 3.16. The number of halogens is 3. The van der Waals surface area contributed by atoms with E-state index in [1.165, 1.54) is 5.56 Å². The van der Waals surface area contributed by atoms with Crippen molar-refractivity contribution in [3.05, 3.63) is 62.5 Å². The second-order valence-electron chi connectivity index (χ2n) is 6.07. The van der Waals surface area contributed by atoms with E-state index in [9.17, 15) is 0 Å². The third-order valence-corrected chi connectivity index (χ3v) is 5.47. The summed E-state index contributed by atoms with van der Waals surface area (Å²) < 4.78 is 2.95. The zero-order valence-corrected chi connectivity index (χ0v) is 16.5. The van der Waals surface area contributed by atoms with Crippen LogP contribution in [0.5, 0.6) is 0 Å². The van der Waals surface area contributed by atoms with E-state index in [0.29, 0.717) is 10.0 Å². The van der Waals surface area contributed by atoms with Gasteiger partial charge in [-0.25, -0.2) is 4.68 Å².